The summed E-state index contributed by atoms with van der Waals surface area (Å²) >= 11 is 0. The summed E-state index contributed by atoms with van der Waals surface area (Å²) in [6, 6.07) is 8.06. The highest BCUT2D eigenvalue weighted by atomic mass is 16.2. The fraction of sp³-hybridized carbons (Fsp3) is 0.462. The van der Waals surface area contributed by atoms with Gasteiger partial charge in [-0.2, -0.15) is 0 Å². The van der Waals surface area contributed by atoms with Crippen LogP contribution in [0, 0.1) is 0 Å². The van der Waals surface area contributed by atoms with Crippen LogP contribution in [-0.4, -0.2) is 13.0 Å². The predicted octanol–water partition coefficient (Wildman–Crippen LogP) is 3.01. The number of carbonyl (C=O) groups is 1. The van der Waals surface area contributed by atoms with Crippen molar-refractivity contribution >= 4 is 11.6 Å². The minimum atomic E-state index is 0.216. The Morgan fingerprint density at radius 3 is 2.47 bits per heavy atom. The number of amides is 1. The average Bonchev–Trinajstić information content (AvgIpc) is 2.25. The van der Waals surface area contributed by atoms with Crippen molar-refractivity contribution in [1.82, 2.24) is 0 Å². The molecule has 1 aromatic rings. The Labute approximate surface area is 91.9 Å². The summed E-state index contributed by atoms with van der Waals surface area (Å²) in [5, 5.41) is 0. The first-order chi connectivity index (χ1) is 7.20. The van der Waals surface area contributed by atoms with E-state index in [0.29, 0.717) is 6.42 Å². The highest BCUT2D eigenvalue weighted by Gasteiger charge is 2.19. The number of hydrogen-bond donors (Lipinski definition) is 0. The summed E-state index contributed by atoms with van der Waals surface area (Å²) in [6.45, 7) is 4.25. The van der Waals surface area contributed by atoms with E-state index >= 15 is 0 Å². The molecule has 2 heteroatoms. The van der Waals surface area contributed by atoms with Crippen LogP contribution in [0.4, 0.5) is 5.69 Å². The SMILES string of the molecule is CCC.CN1C(=O)CCc2ccccc21. The lowest BCUT2D eigenvalue weighted by atomic mass is 10.0. The van der Waals surface area contributed by atoms with E-state index in [1.807, 2.05) is 25.2 Å². The van der Waals surface area contributed by atoms with Gasteiger partial charge in [-0.1, -0.05) is 38.5 Å². The molecule has 1 aliphatic heterocycles. The number of hydrogen-bond acceptors (Lipinski definition) is 1. The van der Waals surface area contributed by atoms with Crippen molar-refractivity contribution < 1.29 is 4.79 Å². The van der Waals surface area contributed by atoms with Crippen molar-refractivity contribution in [2.75, 3.05) is 11.9 Å². The minimum Gasteiger partial charge on any atom is -0.315 e. The Balaban J connectivity index is 0.000000337. The molecule has 0 saturated carbocycles. The summed E-state index contributed by atoms with van der Waals surface area (Å²) in [5.41, 5.74) is 2.34. The molecule has 1 amide bonds. The van der Waals surface area contributed by atoms with Crippen LogP contribution in [0.15, 0.2) is 24.3 Å². The molecule has 2 nitrogen and oxygen atoms in total. The number of carbonyl (C=O) groups excluding carboxylic acids is 1. The Morgan fingerprint density at radius 2 is 1.80 bits per heavy atom. The summed E-state index contributed by atoms with van der Waals surface area (Å²) in [4.78, 5) is 13.0. The second-order valence-corrected chi connectivity index (χ2v) is 3.79. The van der Waals surface area contributed by atoms with E-state index in [0.717, 1.165) is 12.1 Å². The molecule has 0 aliphatic carbocycles. The van der Waals surface area contributed by atoms with Gasteiger partial charge in [-0.25, -0.2) is 0 Å². The van der Waals surface area contributed by atoms with Crippen LogP contribution in [0.1, 0.15) is 32.3 Å². The average molecular weight is 205 g/mol. The molecule has 1 aromatic carbocycles. The van der Waals surface area contributed by atoms with Gasteiger partial charge in [0, 0.05) is 19.2 Å². The van der Waals surface area contributed by atoms with Gasteiger partial charge in [-0.15, -0.1) is 0 Å². The summed E-state index contributed by atoms with van der Waals surface area (Å²) < 4.78 is 0. The monoisotopic (exact) mass is 205 g/mol. The van der Waals surface area contributed by atoms with Gasteiger partial charge >= 0.3 is 0 Å². The van der Waals surface area contributed by atoms with E-state index in [9.17, 15) is 4.79 Å². The zero-order chi connectivity index (χ0) is 11.3. The topological polar surface area (TPSA) is 20.3 Å². The molecule has 82 valence electrons. The highest BCUT2D eigenvalue weighted by molar-refractivity contribution is 5.95. The summed E-state index contributed by atoms with van der Waals surface area (Å²) in [5.74, 6) is 0.216. The number of nitrogens with zero attached hydrogens (tertiary/aromatic N) is 1. The van der Waals surface area contributed by atoms with Gasteiger partial charge < -0.3 is 4.90 Å². The molecular weight excluding hydrogens is 186 g/mol. The molecule has 1 aliphatic rings. The van der Waals surface area contributed by atoms with Crippen molar-refractivity contribution in [2.24, 2.45) is 0 Å². The van der Waals surface area contributed by atoms with Crippen LogP contribution in [-0.2, 0) is 11.2 Å². The number of benzene rings is 1. The van der Waals surface area contributed by atoms with Crippen molar-refractivity contribution in [3.8, 4) is 0 Å². The third-order valence-corrected chi connectivity index (χ3v) is 2.34. The van der Waals surface area contributed by atoms with Crippen LogP contribution in [0.2, 0.25) is 0 Å². The molecule has 0 spiro atoms. The van der Waals surface area contributed by atoms with Gasteiger partial charge in [0.1, 0.15) is 0 Å². The summed E-state index contributed by atoms with van der Waals surface area (Å²) in [6.07, 6.45) is 2.78. The fourth-order valence-electron chi connectivity index (χ4n) is 1.59. The van der Waals surface area contributed by atoms with E-state index < -0.39 is 0 Å². The van der Waals surface area contributed by atoms with E-state index in [2.05, 4.69) is 19.9 Å². The van der Waals surface area contributed by atoms with Crippen LogP contribution in [0.5, 0.6) is 0 Å². The number of rotatable bonds is 0. The van der Waals surface area contributed by atoms with Gasteiger partial charge in [0.2, 0.25) is 5.91 Å². The van der Waals surface area contributed by atoms with Crippen LogP contribution < -0.4 is 4.90 Å². The second kappa shape index (κ2) is 5.54. The molecule has 0 saturated heterocycles. The maximum absolute atomic E-state index is 11.3. The Hall–Kier alpha value is -1.31. The Morgan fingerprint density at radius 1 is 1.20 bits per heavy atom. The second-order valence-electron chi connectivity index (χ2n) is 3.79. The lowest BCUT2D eigenvalue weighted by Crippen LogP contribution is -2.30. The van der Waals surface area contributed by atoms with Gasteiger partial charge in [0.25, 0.3) is 0 Å². The normalized spacial score (nSPS) is 14.1. The largest absolute Gasteiger partial charge is 0.315 e. The Bertz CT molecular complexity index is 333. The van der Waals surface area contributed by atoms with Gasteiger partial charge in [-0.3, -0.25) is 4.79 Å². The number of para-hydroxylation sites is 1. The fourth-order valence-corrected chi connectivity index (χ4v) is 1.59. The zero-order valence-corrected chi connectivity index (χ0v) is 9.79. The molecule has 0 fully saturated rings. The minimum absolute atomic E-state index is 0.216. The third-order valence-electron chi connectivity index (χ3n) is 2.34. The number of aryl methyl sites for hydroxylation is 1. The molecule has 0 aromatic heterocycles. The molecule has 1 heterocycles. The molecule has 0 atom stereocenters. The van der Waals surface area contributed by atoms with E-state index in [-0.39, 0.29) is 5.91 Å². The molecular formula is C13H19NO. The lowest BCUT2D eigenvalue weighted by molar-refractivity contribution is -0.118. The molecule has 15 heavy (non-hydrogen) atoms. The third kappa shape index (κ3) is 2.82. The number of fused-ring (bicyclic) bond motifs is 1. The number of anilines is 1. The van der Waals surface area contributed by atoms with E-state index in [1.54, 1.807) is 4.90 Å². The molecule has 2 rings (SSSR count). The predicted molar refractivity (Wildman–Crippen MR) is 64.1 cm³/mol. The van der Waals surface area contributed by atoms with Crippen molar-refractivity contribution in [3.05, 3.63) is 29.8 Å². The molecule has 0 bridgehead atoms. The van der Waals surface area contributed by atoms with Crippen LogP contribution >= 0.6 is 0 Å². The first kappa shape index (κ1) is 11.8. The van der Waals surface area contributed by atoms with Crippen molar-refractivity contribution in [2.45, 2.75) is 33.1 Å². The van der Waals surface area contributed by atoms with Crippen molar-refractivity contribution in [3.63, 3.8) is 0 Å². The highest BCUT2D eigenvalue weighted by Crippen LogP contribution is 2.25. The van der Waals surface area contributed by atoms with E-state index in [4.69, 9.17) is 0 Å². The first-order valence-corrected chi connectivity index (χ1v) is 5.55. The molecule has 0 N–H and O–H groups in total. The summed E-state index contributed by atoms with van der Waals surface area (Å²) in [7, 11) is 1.83. The standard InChI is InChI=1S/C10H11NO.C3H8/c1-11-9-5-3-2-4-8(9)6-7-10(11)12;1-3-2/h2-5H,6-7H2,1H3;3H2,1-2H3. The lowest BCUT2D eigenvalue weighted by Gasteiger charge is -2.25. The van der Waals surface area contributed by atoms with Crippen LogP contribution in [0.25, 0.3) is 0 Å². The van der Waals surface area contributed by atoms with E-state index in [1.165, 1.54) is 12.0 Å². The first-order valence-electron chi connectivity index (χ1n) is 5.55. The smallest absolute Gasteiger partial charge is 0.227 e. The van der Waals surface area contributed by atoms with Gasteiger partial charge in [0.15, 0.2) is 0 Å². The van der Waals surface area contributed by atoms with Crippen LogP contribution in [0.3, 0.4) is 0 Å². The Kier molecular flexibility index (Phi) is 4.35. The maximum Gasteiger partial charge on any atom is 0.227 e. The molecule has 0 unspecified atom stereocenters. The van der Waals surface area contributed by atoms with Gasteiger partial charge in [0.05, 0.1) is 0 Å². The quantitative estimate of drug-likeness (QED) is 0.637. The maximum atomic E-state index is 11.3. The molecule has 0 radical (unpaired) electrons. The van der Waals surface area contributed by atoms with Crippen molar-refractivity contribution in [1.29, 1.82) is 0 Å². The van der Waals surface area contributed by atoms with Gasteiger partial charge in [-0.05, 0) is 18.1 Å². The zero-order valence-electron chi connectivity index (χ0n) is 9.79.